The van der Waals surface area contributed by atoms with Gasteiger partial charge < -0.3 is 9.47 Å². The number of ether oxygens (including phenoxy) is 2. The molecule has 1 aliphatic rings. The van der Waals surface area contributed by atoms with E-state index in [1.807, 2.05) is 31.2 Å². The van der Waals surface area contributed by atoms with Crippen LogP contribution in [0.5, 0.6) is 11.5 Å². The van der Waals surface area contributed by atoms with Crippen LogP contribution >= 0.6 is 31.9 Å². The van der Waals surface area contributed by atoms with Crippen LogP contribution in [0.3, 0.4) is 0 Å². The first-order valence-corrected chi connectivity index (χ1v) is 8.69. The fraction of sp³-hybridized carbons (Fsp3) is 0.294. The Balaban J connectivity index is 1.96. The molecule has 0 aromatic heterocycles. The van der Waals surface area contributed by atoms with Crippen LogP contribution in [-0.2, 0) is 0 Å². The number of hydrogen-bond acceptors (Lipinski definition) is 2. The number of para-hydroxylation sites is 1. The van der Waals surface area contributed by atoms with E-state index < -0.39 is 0 Å². The molecular formula is C17H16Br2O2. The van der Waals surface area contributed by atoms with Gasteiger partial charge in [0.1, 0.15) is 11.5 Å². The molecule has 1 heterocycles. The zero-order valence-electron chi connectivity index (χ0n) is 11.7. The normalized spacial score (nSPS) is 18.0. The summed E-state index contributed by atoms with van der Waals surface area (Å²) in [6.45, 7) is 3.35. The number of benzene rings is 2. The van der Waals surface area contributed by atoms with Gasteiger partial charge in [-0.2, -0.15) is 0 Å². The van der Waals surface area contributed by atoms with E-state index in [1.165, 1.54) is 5.56 Å². The van der Waals surface area contributed by atoms with Crippen LogP contribution in [0, 0.1) is 0 Å². The summed E-state index contributed by atoms with van der Waals surface area (Å²) in [4.78, 5) is 0.153. The second kappa shape index (κ2) is 6.41. The van der Waals surface area contributed by atoms with E-state index in [9.17, 15) is 0 Å². The van der Waals surface area contributed by atoms with Crippen LogP contribution in [0.15, 0.2) is 46.9 Å². The van der Waals surface area contributed by atoms with Crippen molar-refractivity contribution in [3.05, 3.63) is 58.1 Å². The number of fused-ring (bicyclic) bond motifs is 1. The summed E-state index contributed by atoms with van der Waals surface area (Å²) in [5.74, 6) is 2.20. The fourth-order valence-electron chi connectivity index (χ4n) is 2.67. The third kappa shape index (κ3) is 2.97. The Hall–Kier alpha value is -1.00. The first-order chi connectivity index (χ1) is 10.2. The molecule has 21 heavy (non-hydrogen) atoms. The van der Waals surface area contributed by atoms with E-state index in [-0.39, 0.29) is 10.7 Å². The summed E-state index contributed by atoms with van der Waals surface area (Å²) >= 11 is 7.41. The second-order valence-corrected chi connectivity index (χ2v) is 6.87. The molecule has 0 saturated heterocycles. The summed E-state index contributed by atoms with van der Waals surface area (Å²) in [6, 6.07) is 14.4. The Morgan fingerprint density at radius 1 is 1.29 bits per heavy atom. The quantitative estimate of drug-likeness (QED) is 0.622. The van der Waals surface area contributed by atoms with Crippen molar-refractivity contribution in [3.8, 4) is 11.5 Å². The zero-order chi connectivity index (χ0) is 14.8. The topological polar surface area (TPSA) is 18.5 Å². The monoisotopic (exact) mass is 410 g/mol. The third-order valence-electron chi connectivity index (χ3n) is 3.66. The average molecular weight is 412 g/mol. The molecule has 2 unspecified atom stereocenters. The lowest BCUT2D eigenvalue weighted by Gasteiger charge is -2.20. The van der Waals surface area contributed by atoms with E-state index >= 15 is 0 Å². The van der Waals surface area contributed by atoms with Crippen LogP contribution in [-0.4, -0.2) is 13.2 Å². The Morgan fingerprint density at radius 2 is 2.10 bits per heavy atom. The molecular weight excluding hydrogens is 396 g/mol. The molecule has 2 nitrogen and oxygen atoms in total. The minimum atomic E-state index is 0.153. The molecule has 0 spiro atoms. The molecule has 2 aromatic carbocycles. The molecule has 3 rings (SSSR count). The van der Waals surface area contributed by atoms with Gasteiger partial charge in [0.25, 0.3) is 0 Å². The third-order valence-corrected chi connectivity index (χ3v) is 5.28. The summed E-state index contributed by atoms with van der Waals surface area (Å²) in [7, 11) is 0. The predicted molar refractivity (Wildman–Crippen MR) is 91.7 cm³/mol. The highest BCUT2D eigenvalue weighted by atomic mass is 79.9. The molecule has 110 valence electrons. The predicted octanol–water partition coefficient (Wildman–Crippen LogP) is 5.46. The van der Waals surface area contributed by atoms with Crippen LogP contribution in [0.1, 0.15) is 28.8 Å². The van der Waals surface area contributed by atoms with Crippen molar-refractivity contribution in [1.29, 1.82) is 0 Å². The maximum Gasteiger partial charge on any atom is 0.123 e. The molecule has 0 radical (unpaired) electrons. The van der Waals surface area contributed by atoms with Crippen molar-refractivity contribution in [3.63, 3.8) is 0 Å². The Morgan fingerprint density at radius 3 is 2.90 bits per heavy atom. The Kier molecular flexibility index (Phi) is 4.55. The summed E-state index contributed by atoms with van der Waals surface area (Å²) in [5, 5.41) is 0. The fourth-order valence-corrected chi connectivity index (χ4v) is 3.84. The van der Waals surface area contributed by atoms with Gasteiger partial charge in [-0.1, -0.05) is 50.1 Å². The highest BCUT2D eigenvalue weighted by Crippen LogP contribution is 2.48. The lowest BCUT2D eigenvalue weighted by Crippen LogP contribution is -2.09. The van der Waals surface area contributed by atoms with E-state index in [0.29, 0.717) is 13.2 Å². The first kappa shape index (κ1) is 14.9. The van der Waals surface area contributed by atoms with Crippen molar-refractivity contribution < 1.29 is 9.47 Å². The van der Waals surface area contributed by atoms with Crippen LogP contribution in [0.25, 0.3) is 0 Å². The molecule has 1 aliphatic heterocycles. The molecule has 0 amide bonds. The maximum absolute atomic E-state index is 5.80. The molecule has 0 bridgehead atoms. The summed E-state index contributed by atoms with van der Waals surface area (Å²) in [6.07, 6.45) is 0. The SMILES string of the molecule is CCOc1ccc(Br)cc1C(Br)C1COc2ccccc21. The highest BCUT2D eigenvalue weighted by molar-refractivity contribution is 9.10. The number of halogens is 2. The van der Waals surface area contributed by atoms with Gasteiger partial charge in [-0.3, -0.25) is 0 Å². The Bertz CT molecular complexity index is 642. The largest absolute Gasteiger partial charge is 0.494 e. The lowest BCUT2D eigenvalue weighted by molar-refractivity contribution is 0.321. The van der Waals surface area contributed by atoms with Gasteiger partial charge in [0.2, 0.25) is 0 Å². The molecule has 2 atom stereocenters. The van der Waals surface area contributed by atoms with Crippen LogP contribution in [0.2, 0.25) is 0 Å². The maximum atomic E-state index is 5.80. The van der Waals surface area contributed by atoms with Gasteiger partial charge in [-0.15, -0.1) is 0 Å². The standard InChI is InChI=1S/C17H16Br2O2/c1-2-20-16-8-7-11(18)9-13(16)17(19)14-10-21-15-6-4-3-5-12(14)15/h3-9,14,17H,2,10H2,1H3. The smallest absolute Gasteiger partial charge is 0.123 e. The van der Waals surface area contributed by atoms with E-state index in [1.54, 1.807) is 0 Å². The van der Waals surface area contributed by atoms with Crippen LogP contribution in [0.4, 0.5) is 0 Å². The van der Waals surface area contributed by atoms with Crippen molar-refractivity contribution in [2.24, 2.45) is 0 Å². The average Bonchev–Trinajstić information content (AvgIpc) is 2.92. The molecule has 0 aliphatic carbocycles. The molecule has 4 heteroatoms. The Labute approximate surface area is 141 Å². The van der Waals surface area contributed by atoms with Crippen molar-refractivity contribution in [2.75, 3.05) is 13.2 Å². The number of alkyl halides is 1. The van der Waals surface area contributed by atoms with Gasteiger partial charge >= 0.3 is 0 Å². The number of hydrogen-bond donors (Lipinski definition) is 0. The van der Waals surface area contributed by atoms with Gasteiger partial charge in [-0.25, -0.2) is 0 Å². The van der Waals surface area contributed by atoms with Crippen molar-refractivity contribution in [1.82, 2.24) is 0 Å². The van der Waals surface area contributed by atoms with E-state index in [2.05, 4.69) is 50.1 Å². The second-order valence-electron chi connectivity index (χ2n) is 4.97. The lowest BCUT2D eigenvalue weighted by atomic mass is 9.93. The first-order valence-electron chi connectivity index (χ1n) is 6.98. The van der Waals surface area contributed by atoms with Gasteiger partial charge in [0, 0.05) is 21.5 Å². The van der Waals surface area contributed by atoms with Gasteiger partial charge in [-0.05, 0) is 31.2 Å². The molecule has 0 saturated carbocycles. The summed E-state index contributed by atoms with van der Waals surface area (Å²) in [5.41, 5.74) is 2.40. The van der Waals surface area contributed by atoms with Crippen LogP contribution < -0.4 is 9.47 Å². The molecule has 0 fully saturated rings. The zero-order valence-corrected chi connectivity index (χ0v) is 14.9. The van der Waals surface area contributed by atoms with Gasteiger partial charge in [0.05, 0.1) is 18.0 Å². The highest BCUT2D eigenvalue weighted by Gasteiger charge is 2.32. The minimum absolute atomic E-state index is 0.153. The minimum Gasteiger partial charge on any atom is -0.494 e. The van der Waals surface area contributed by atoms with Crippen molar-refractivity contribution >= 4 is 31.9 Å². The number of rotatable bonds is 4. The van der Waals surface area contributed by atoms with E-state index in [4.69, 9.17) is 9.47 Å². The molecule has 0 N–H and O–H groups in total. The molecule has 2 aromatic rings. The van der Waals surface area contributed by atoms with Crippen molar-refractivity contribution in [2.45, 2.75) is 17.7 Å². The summed E-state index contributed by atoms with van der Waals surface area (Å²) < 4.78 is 12.6. The van der Waals surface area contributed by atoms with Gasteiger partial charge in [0.15, 0.2) is 0 Å². The van der Waals surface area contributed by atoms with E-state index in [0.717, 1.165) is 21.5 Å².